The number of thiophene rings is 1. The van der Waals surface area contributed by atoms with Gasteiger partial charge in [0, 0.05) is 43.0 Å². The number of aromatic nitrogens is 2. The number of hydrogen-bond acceptors (Lipinski definition) is 4. The average Bonchev–Trinajstić information content (AvgIpc) is 3.20. The quantitative estimate of drug-likeness (QED) is 0.705. The molecular formula is C18H19BrN4OS. The summed E-state index contributed by atoms with van der Waals surface area (Å²) in [5.41, 5.74) is 2.58. The van der Waals surface area contributed by atoms with Crippen LogP contribution in [-0.2, 0) is 6.54 Å². The number of H-pyrrole nitrogens is 1. The third kappa shape index (κ3) is 3.49. The Kier molecular flexibility index (Phi) is 4.62. The largest absolute Gasteiger partial charge is 0.335 e. The maximum absolute atomic E-state index is 12.9. The van der Waals surface area contributed by atoms with E-state index >= 15 is 0 Å². The first kappa shape index (κ1) is 16.8. The van der Waals surface area contributed by atoms with Crippen molar-refractivity contribution in [1.29, 1.82) is 0 Å². The first-order valence-corrected chi connectivity index (χ1v) is 9.92. The molecule has 0 spiro atoms. The van der Waals surface area contributed by atoms with E-state index < -0.39 is 0 Å². The summed E-state index contributed by atoms with van der Waals surface area (Å²) in [5, 5.41) is 8.15. The normalized spacial score (nSPS) is 15.8. The lowest BCUT2D eigenvalue weighted by molar-refractivity contribution is 0.0625. The molecule has 0 radical (unpaired) electrons. The number of fused-ring (bicyclic) bond motifs is 1. The van der Waals surface area contributed by atoms with Crippen molar-refractivity contribution in [3.8, 4) is 0 Å². The van der Waals surface area contributed by atoms with E-state index in [4.69, 9.17) is 0 Å². The number of aromatic amines is 1. The summed E-state index contributed by atoms with van der Waals surface area (Å²) in [4.78, 5) is 18.5. The predicted molar refractivity (Wildman–Crippen MR) is 104 cm³/mol. The minimum absolute atomic E-state index is 0.0235. The molecule has 0 unspecified atom stereocenters. The fourth-order valence-electron chi connectivity index (χ4n) is 3.21. The molecule has 0 saturated carbocycles. The topological polar surface area (TPSA) is 52.2 Å². The highest BCUT2D eigenvalue weighted by Crippen LogP contribution is 2.24. The molecule has 4 rings (SSSR count). The Morgan fingerprint density at radius 1 is 1.24 bits per heavy atom. The van der Waals surface area contributed by atoms with Crippen LogP contribution in [-0.4, -0.2) is 52.1 Å². The number of rotatable bonds is 3. The zero-order valence-corrected chi connectivity index (χ0v) is 16.4. The molecular weight excluding hydrogens is 400 g/mol. The van der Waals surface area contributed by atoms with Gasteiger partial charge >= 0.3 is 0 Å². The number of halogens is 1. The number of benzene rings is 1. The van der Waals surface area contributed by atoms with Crippen molar-refractivity contribution in [3.63, 3.8) is 0 Å². The van der Waals surface area contributed by atoms with Gasteiger partial charge in [-0.25, -0.2) is 0 Å². The average molecular weight is 419 g/mol. The van der Waals surface area contributed by atoms with Crippen molar-refractivity contribution in [1.82, 2.24) is 20.0 Å². The lowest BCUT2D eigenvalue weighted by Gasteiger charge is -2.34. The second-order valence-corrected chi connectivity index (χ2v) is 8.94. The Morgan fingerprint density at radius 2 is 2.04 bits per heavy atom. The van der Waals surface area contributed by atoms with Gasteiger partial charge < -0.3 is 4.90 Å². The van der Waals surface area contributed by atoms with E-state index in [1.165, 1.54) is 4.88 Å². The van der Waals surface area contributed by atoms with Gasteiger partial charge in [-0.1, -0.05) is 11.6 Å². The van der Waals surface area contributed by atoms with Gasteiger partial charge in [0.25, 0.3) is 5.91 Å². The third-order valence-corrected chi connectivity index (χ3v) is 6.20. The van der Waals surface area contributed by atoms with Gasteiger partial charge in [0.15, 0.2) is 5.69 Å². The molecule has 3 aromatic rings. The number of carbonyl (C=O) groups is 1. The number of piperazine rings is 1. The number of nitrogens with zero attached hydrogens (tertiary/aromatic N) is 3. The fraction of sp³-hybridized carbons (Fsp3) is 0.333. The van der Waals surface area contributed by atoms with Gasteiger partial charge in [-0.15, -0.1) is 11.3 Å². The molecule has 1 aliphatic heterocycles. The first-order valence-electron chi connectivity index (χ1n) is 8.31. The van der Waals surface area contributed by atoms with E-state index in [0.29, 0.717) is 5.69 Å². The number of hydrogen-bond donors (Lipinski definition) is 1. The highest BCUT2D eigenvalue weighted by atomic mass is 79.9. The monoisotopic (exact) mass is 418 g/mol. The lowest BCUT2D eigenvalue weighted by atomic mass is 10.1. The van der Waals surface area contributed by atoms with Crippen LogP contribution in [0.4, 0.5) is 0 Å². The maximum atomic E-state index is 12.9. The minimum Gasteiger partial charge on any atom is -0.335 e. The minimum atomic E-state index is 0.0235. The van der Waals surface area contributed by atoms with Gasteiger partial charge in [0.2, 0.25) is 0 Å². The fourth-order valence-corrected chi connectivity index (χ4v) is 4.73. The zero-order valence-electron chi connectivity index (χ0n) is 14.0. The highest BCUT2D eigenvalue weighted by Gasteiger charge is 2.25. The molecule has 25 heavy (non-hydrogen) atoms. The Morgan fingerprint density at radius 3 is 2.76 bits per heavy atom. The van der Waals surface area contributed by atoms with Crippen molar-refractivity contribution in [3.05, 3.63) is 50.3 Å². The van der Waals surface area contributed by atoms with Crippen molar-refractivity contribution in [2.24, 2.45) is 0 Å². The second kappa shape index (κ2) is 6.90. The first-order chi connectivity index (χ1) is 12.1. The summed E-state index contributed by atoms with van der Waals surface area (Å²) in [5.74, 6) is 0.0235. The molecule has 2 aromatic heterocycles. The van der Waals surface area contributed by atoms with Crippen LogP contribution in [0, 0.1) is 6.92 Å². The SMILES string of the molecule is Cc1ccc2[nH]nc(C(=O)N3CCN(Cc4ccc(Br)s4)CC3)c2c1. The molecule has 1 N–H and O–H groups in total. The van der Waals surface area contributed by atoms with Gasteiger partial charge in [0.1, 0.15) is 0 Å². The Hall–Kier alpha value is -1.70. The highest BCUT2D eigenvalue weighted by molar-refractivity contribution is 9.11. The molecule has 0 atom stereocenters. The van der Waals surface area contributed by atoms with Crippen molar-refractivity contribution < 1.29 is 4.79 Å². The maximum Gasteiger partial charge on any atom is 0.275 e. The Bertz CT molecular complexity index is 911. The molecule has 3 heterocycles. The summed E-state index contributed by atoms with van der Waals surface area (Å²) in [6, 6.07) is 10.3. The molecule has 1 saturated heterocycles. The van der Waals surface area contributed by atoms with Crippen LogP contribution in [0.5, 0.6) is 0 Å². The zero-order chi connectivity index (χ0) is 17.4. The molecule has 7 heteroatoms. The summed E-state index contributed by atoms with van der Waals surface area (Å²) in [6.45, 7) is 6.24. The van der Waals surface area contributed by atoms with E-state index in [-0.39, 0.29) is 5.91 Å². The number of carbonyl (C=O) groups excluding carboxylic acids is 1. The van der Waals surface area contributed by atoms with Crippen molar-refractivity contribution >= 4 is 44.1 Å². The van der Waals surface area contributed by atoms with Crippen LogP contribution in [0.1, 0.15) is 20.9 Å². The summed E-state index contributed by atoms with van der Waals surface area (Å²) in [6.07, 6.45) is 0. The summed E-state index contributed by atoms with van der Waals surface area (Å²) in [7, 11) is 0. The molecule has 5 nitrogen and oxygen atoms in total. The van der Waals surface area contributed by atoms with Gasteiger partial charge in [0.05, 0.1) is 9.30 Å². The Balaban J connectivity index is 1.43. The van der Waals surface area contributed by atoms with Gasteiger partial charge in [-0.2, -0.15) is 5.10 Å². The van der Waals surface area contributed by atoms with E-state index in [0.717, 1.165) is 53.0 Å². The lowest BCUT2D eigenvalue weighted by Crippen LogP contribution is -2.48. The van der Waals surface area contributed by atoms with Crippen LogP contribution in [0.2, 0.25) is 0 Å². The third-order valence-electron chi connectivity index (χ3n) is 4.59. The van der Waals surface area contributed by atoms with Crippen molar-refractivity contribution in [2.75, 3.05) is 26.2 Å². The molecule has 0 aliphatic carbocycles. The number of nitrogens with one attached hydrogen (secondary N) is 1. The van der Waals surface area contributed by atoms with Crippen LogP contribution in [0.3, 0.4) is 0 Å². The van der Waals surface area contributed by atoms with Crippen molar-refractivity contribution in [2.45, 2.75) is 13.5 Å². The standard InChI is InChI=1S/C18H19BrN4OS/c1-12-2-4-15-14(10-12)17(21-20-15)18(24)23-8-6-22(7-9-23)11-13-3-5-16(19)25-13/h2-5,10H,6-9,11H2,1H3,(H,20,21). The van der Waals surface area contributed by atoms with Crippen LogP contribution in [0.15, 0.2) is 34.1 Å². The molecule has 1 aromatic carbocycles. The van der Waals surface area contributed by atoms with Crippen LogP contribution < -0.4 is 0 Å². The molecule has 0 bridgehead atoms. The molecule has 1 aliphatic rings. The van der Waals surface area contributed by atoms with E-state index in [2.05, 4.69) is 43.2 Å². The summed E-state index contributed by atoms with van der Waals surface area (Å²) >= 11 is 5.28. The van der Waals surface area contributed by atoms with Gasteiger partial charge in [-0.3, -0.25) is 14.8 Å². The van der Waals surface area contributed by atoms with E-state index in [9.17, 15) is 4.79 Å². The molecule has 130 valence electrons. The predicted octanol–water partition coefficient (Wildman–Crippen LogP) is 3.65. The van der Waals surface area contributed by atoms with E-state index in [1.54, 1.807) is 11.3 Å². The number of aryl methyl sites for hydroxylation is 1. The second-order valence-electron chi connectivity index (χ2n) is 6.40. The van der Waals surface area contributed by atoms with E-state index in [1.807, 2.05) is 30.0 Å². The smallest absolute Gasteiger partial charge is 0.275 e. The van der Waals surface area contributed by atoms with Crippen LogP contribution in [0.25, 0.3) is 10.9 Å². The summed E-state index contributed by atoms with van der Waals surface area (Å²) < 4.78 is 1.16. The van der Waals surface area contributed by atoms with Crippen LogP contribution >= 0.6 is 27.3 Å². The number of amides is 1. The molecule has 1 amide bonds. The molecule has 1 fully saturated rings. The van der Waals surface area contributed by atoms with Gasteiger partial charge in [-0.05, 0) is 47.1 Å². The Labute approximate surface area is 158 Å².